The maximum Gasteiger partial charge on any atom is 0.391 e. The van der Waals surface area contributed by atoms with Gasteiger partial charge in [0.25, 0.3) is 5.91 Å². The van der Waals surface area contributed by atoms with Crippen molar-refractivity contribution in [2.45, 2.75) is 77.8 Å². The molecule has 1 saturated carbocycles. The Hall–Kier alpha value is -3.32. The first-order valence-electron chi connectivity index (χ1n) is 14.8. The van der Waals surface area contributed by atoms with E-state index in [-0.39, 0.29) is 73.5 Å². The van der Waals surface area contributed by atoms with Gasteiger partial charge in [-0.1, -0.05) is 50.0 Å². The molecule has 0 unspecified atom stereocenters. The number of fused-ring (bicyclic) bond motifs is 1. The molecule has 4 N–H and O–H groups in total. The summed E-state index contributed by atoms with van der Waals surface area (Å²) in [5, 5.41) is 9.35. The first-order valence-corrected chi connectivity index (χ1v) is 15.5. The number of carbonyl (C=O) groups excluding carboxylic acids is 2. The Balaban J connectivity index is 1.39. The van der Waals surface area contributed by atoms with Gasteiger partial charge >= 0.3 is 6.18 Å². The average molecular weight is 673 g/mol. The van der Waals surface area contributed by atoms with Gasteiger partial charge in [-0.25, -0.2) is 14.4 Å². The highest BCUT2D eigenvalue weighted by Crippen LogP contribution is 2.38. The van der Waals surface area contributed by atoms with Crippen molar-refractivity contribution in [3.8, 4) is 0 Å². The molecule has 0 bridgehead atoms. The summed E-state index contributed by atoms with van der Waals surface area (Å²) in [6.07, 6.45) is -4.76. The van der Waals surface area contributed by atoms with Crippen LogP contribution < -0.4 is 20.9 Å². The smallest absolute Gasteiger partial charge is 0.353 e. The SMILES string of the molecule is CC(C)(C)C(=O)NCc1ccc(Cl)c(Nc2nc3cc(C(=O)N[C@H]4CC[C@H](C(F)(F)F)CC4)c(N4CC[C@@H](F)C4)nc3[nH]2)c1Cl. The molecule has 1 aromatic carbocycles. The molecule has 5 rings (SSSR count). The lowest BCUT2D eigenvalue weighted by molar-refractivity contribution is -0.182. The molecular formula is C30H35Cl2F4N7O2. The van der Waals surface area contributed by atoms with Crippen molar-refractivity contribution in [1.29, 1.82) is 0 Å². The zero-order chi connectivity index (χ0) is 32.7. The van der Waals surface area contributed by atoms with Gasteiger partial charge in [0.1, 0.15) is 17.5 Å². The Kier molecular flexibility index (Phi) is 9.42. The number of amides is 2. The Morgan fingerprint density at radius 3 is 2.40 bits per heavy atom. The number of aromatic amines is 1. The molecule has 2 aromatic heterocycles. The van der Waals surface area contributed by atoms with Crippen molar-refractivity contribution in [2.75, 3.05) is 23.3 Å². The van der Waals surface area contributed by atoms with Gasteiger partial charge in [0, 0.05) is 24.5 Å². The number of anilines is 3. The third kappa shape index (κ3) is 7.57. The predicted octanol–water partition coefficient (Wildman–Crippen LogP) is 7.07. The fraction of sp³-hybridized carbons (Fsp3) is 0.533. The van der Waals surface area contributed by atoms with Crippen LogP contribution in [0.5, 0.6) is 0 Å². The summed E-state index contributed by atoms with van der Waals surface area (Å²) >= 11 is 13.1. The van der Waals surface area contributed by atoms with Gasteiger partial charge in [0.05, 0.1) is 33.8 Å². The van der Waals surface area contributed by atoms with E-state index in [4.69, 9.17) is 23.2 Å². The van der Waals surface area contributed by atoms with Crippen molar-refractivity contribution in [2.24, 2.45) is 11.3 Å². The number of halogens is 6. The predicted molar refractivity (Wildman–Crippen MR) is 166 cm³/mol. The summed E-state index contributed by atoms with van der Waals surface area (Å²) in [7, 11) is 0. The second-order valence-electron chi connectivity index (χ2n) is 12.7. The number of hydrogen-bond donors (Lipinski definition) is 4. The lowest BCUT2D eigenvalue weighted by atomic mass is 9.85. The Morgan fingerprint density at radius 2 is 1.78 bits per heavy atom. The minimum atomic E-state index is -4.25. The molecule has 244 valence electrons. The number of imidazole rings is 1. The number of carbonyl (C=O) groups is 2. The van der Waals surface area contributed by atoms with Gasteiger partial charge in [0.15, 0.2) is 5.65 Å². The molecule has 3 heterocycles. The maximum atomic E-state index is 14.2. The number of nitrogens with zero attached hydrogens (tertiary/aromatic N) is 3. The fourth-order valence-corrected chi connectivity index (χ4v) is 6.07. The molecule has 9 nitrogen and oxygen atoms in total. The molecule has 1 aliphatic carbocycles. The van der Waals surface area contributed by atoms with Crippen LogP contribution in [0.2, 0.25) is 10.0 Å². The molecule has 2 amide bonds. The largest absolute Gasteiger partial charge is 0.391 e. The minimum absolute atomic E-state index is 0.0540. The lowest BCUT2D eigenvalue weighted by Gasteiger charge is -2.30. The summed E-state index contributed by atoms with van der Waals surface area (Å²) in [4.78, 5) is 39.7. The minimum Gasteiger partial charge on any atom is -0.353 e. The number of aromatic nitrogens is 3. The molecular weight excluding hydrogens is 637 g/mol. The number of benzene rings is 1. The number of nitrogens with one attached hydrogen (secondary N) is 4. The van der Waals surface area contributed by atoms with Crippen LogP contribution >= 0.6 is 23.2 Å². The van der Waals surface area contributed by atoms with Crippen molar-refractivity contribution in [3.05, 3.63) is 39.4 Å². The first-order chi connectivity index (χ1) is 21.1. The van der Waals surface area contributed by atoms with E-state index in [1.165, 1.54) is 6.07 Å². The molecule has 0 radical (unpaired) electrons. The number of hydrogen-bond acceptors (Lipinski definition) is 6. The van der Waals surface area contributed by atoms with E-state index in [9.17, 15) is 27.2 Å². The molecule has 15 heteroatoms. The van der Waals surface area contributed by atoms with Crippen LogP contribution in [0.3, 0.4) is 0 Å². The zero-order valence-corrected chi connectivity index (χ0v) is 26.6. The first kappa shape index (κ1) is 33.1. The van der Waals surface area contributed by atoms with Crippen LogP contribution in [0.15, 0.2) is 18.2 Å². The third-order valence-electron chi connectivity index (χ3n) is 8.19. The summed E-state index contributed by atoms with van der Waals surface area (Å²) in [6.45, 7) is 5.98. The van der Waals surface area contributed by atoms with Crippen LogP contribution in [0.4, 0.5) is 35.0 Å². The normalized spacial score (nSPS) is 20.8. The standard InChI is InChI=1S/C30H35Cl2F4N7O2/c1-29(2,3)27(45)37-13-15-4-9-20(31)23(22(15)32)40-28-39-21-12-19(25(41-24(21)42-28)43-11-10-17(33)14-43)26(44)38-18-7-5-16(6-8-18)30(34,35)36/h4,9,12,16-18H,5-8,10-11,13-14H2,1-3H3,(H,37,45)(H,38,44)(H2,39,40,41,42)/t16-,17-,18-/m1/s1. The third-order valence-corrected chi connectivity index (χ3v) is 8.93. The van der Waals surface area contributed by atoms with Crippen LogP contribution in [0.25, 0.3) is 11.2 Å². The van der Waals surface area contributed by atoms with E-state index < -0.39 is 35.6 Å². The van der Waals surface area contributed by atoms with Gasteiger partial charge in [0.2, 0.25) is 11.9 Å². The molecule has 0 spiro atoms. The Bertz CT molecular complexity index is 1580. The molecule has 1 atom stereocenters. The highest BCUT2D eigenvalue weighted by molar-refractivity contribution is 6.39. The summed E-state index contributed by atoms with van der Waals surface area (Å²) in [6, 6.07) is 4.45. The lowest BCUT2D eigenvalue weighted by Crippen LogP contribution is -2.40. The van der Waals surface area contributed by atoms with Crippen molar-refractivity contribution < 1.29 is 27.2 Å². The van der Waals surface area contributed by atoms with E-state index in [1.54, 1.807) is 37.8 Å². The van der Waals surface area contributed by atoms with Crippen LogP contribution in [0.1, 0.15) is 68.8 Å². The monoisotopic (exact) mass is 671 g/mol. The molecule has 45 heavy (non-hydrogen) atoms. The number of rotatable bonds is 7. The Morgan fingerprint density at radius 1 is 1.07 bits per heavy atom. The molecule has 2 aliphatic rings. The molecule has 1 saturated heterocycles. The second-order valence-corrected chi connectivity index (χ2v) is 13.4. The van der Waals surface area contributed by atoms with Gasteiger partial charge in [-0.05, 0) is 49.8 Å². The summed E-state index contributed by atoms with van der Waals surface area (Å²) < 4.78 is 53.6. The molecule has 3 aromatic rings. The van der Waals surface area contributed by atoms with Crippen LogP contribution in [-0.4, -0.2) is 58.2 Å². The highest BCUT2D eigenvalue weighted by Gasteiger charge is 2.41. The van der Waals surface area contributed by atoms with E-state index in [0.717, 1.165) is 0 Å². The second kappa shape index (κ2) is 12.8. The van der Waals surface area contributed by atoms with Crippen molar-refractivity contribution in [3.63, 3.8) is 0 Å². The zero-order valence-electron chi connectivity index (χ0n) is 25.0. The van der Waals surface area contributed by atoms with Gasteiger partial charge in [-0.15, -0.1) is 0 Å². The molecule has 2 fully saturated rings. The van der Waals surface area contributed by atoms with Gasteiger partial charge in [-0.2, -0.15) is 13.2 Å². The van der Waals surface area contributed by atoms with E-state index in [1.807, 2.05) is 0 Å². The Labute approximate surface area is 267 Å². The summed E-state index contributed by atoms with van der Waals surface area (Å²) in [5.74, 6) is -1.55. The quantitative estimate of drug-likeness (QED) is 0.200. The molecule has 1 aliphatic heterocycles. The highest BCUT2D eigenvalue weighted by atomic mass is 35.5. The topological polar surface area (TPSA) is 115 Å². The average Bonchev–Trinajstić information content (AvgIpc) is 3.58. The summed E-state index contributed by atoms with van der Waals surface area (Å²) in [5.41, 5.74) is 1.17. The fourth-order valence-electron chi connectivity index (χ4n) is 5.54. The number of pyridine rings is 1. The van der Waals surface area contributed by atoms with Crippen molar-refractivity contribution in [1.82, 2.24) is 25.6 Å². The van der Waals surface area contributed by atoms with Crippen molar-refractivity contribution >= 4 is 63.6 Å². The number of H-pyrrole nitrogens is 1. The van der Waals surface area contributed by atoms with E-state index in [0.29, 0.717) is 34.0 Å². The van der Waals surface area contributed by atoms with Gasteiger partial charge < -0.3 is 25.8 Å². The van der Waals surface area contributed by atoms with Crippen LogP contribution in [-0.2, 0) is 11.3 Å². The van der Waals surface area contributed by atoms with E-state index >= 15 is 0 Å². The van der Waals surface area contributed by atoms with Gasteiger partial charge in [-0.3, -0.25) is 9.59 Å². The maximum absolute atomic E-state index is 14.2. The number of alkyl halides is 4. The van der Waals surface area contributed by atoms with E-state index in [2.05, 4.69) is 30.9 Å². The van der Waals surface area contributed by atoms with Crippen LogP contribution in [0, 0.1) is 11.3 Å².